The minimum absolute atomic E-state index is 0.215. The van der Waals surface area contributed by atoms with Crippen LogP contribution < -0.4 is 5.32 Å². The second kappa shape index (κ2) is 3.72. The number of rotatable bonds is 1. The molecule has 1 N–H and O–H groups in total. The Labute approximate surface area is 100 Å². The number of thiocarbonyl (C=S) groups is 1. The van der Waals surface area contributed by atoms with Gasteiger partial charge in [0.15, 0.2) is 0 Å². The van der Waals surface area contributed by atoms with Crippen LogP contribution in [0.1, 0.15) is 17.0 Å². The summed E-state index contributed by atoms with van der Waals surface area (Å²) in [7, 11) is 0. The van der Waals surface area contributed by atoms with Crippen LogP contribution in [0.15, 0.2) is 54.6 Å². The van der Waals surface area contributed by atoms with E-state index in [9.17, 15) is 0 Å². The molecule has 1 aliphatic rings. The monoisotopic (exact) mass is 225 g/mol. The molecule has 1 heterocycles. The summed E-state index contributed by atoms with van der Waals surface area (Å²) in [5.41, 5.74) is 3.67. The summed E-state index contributed by atoms with van der Waals surface area (Å²) < 4.78 is 0. The van der Waals surface area contributed by atoms with E-state index < -0.39 is 0 Å². The number of hydrogen-bond acceptors (Lipinski definition) is 1. The van der Waals surface area contributed by atoms with Crippen molar-refractivity contribution in [2.24, 2.45) is 0 Å². The van der Waals surface area contributed by atoms with E-state index in [0.29, 0.717) is 0 Å². The van der Waals surface area contributed by atoms with Crippen LogP contribution in [0, 0.1) is 0 Å². The number of nitrogens with one attached hydrogen (secondary N) is 1. The Balaban J connectivity index is 2.13. The van der Waals surface area contributed by atoms with Crippen molar-refractivity contribution in [1.29, 1.82) is 0 Å². The average Bonchev–Trinajstić information content (AvgIpc) is 2.66. The number of fused-ring (bicyclic) bond motifs is 1. The first-order valence-corrected chi connectivity index (χ1v) is 5.72. The summed E-state index contributed by atoms with van der Waals surface area (Å²) in [5.74, 6) is 0.215. The van der Waals surface area contributed by atoms with Crippen molar-refractivity contribution in [1.82, 2.24) is 0 Å². The first kappa shape index (κ1) is 9.55. The molecule has 0 bridgehead atoms. The maximum absolute atomic E-state index is 5.42. The molecule has 1 unspecified atom stereocenters. The lowest BCUT2D eigenvalue weighted by Gasteiger charge is -2.10. The molecule has 2 heteroatoms. The minimum atomic E-state index is 0.215. The molecule has 1 atom stereocenters. The predicted molar refractivity (Wildman–Crippen MR) is 70.9 cm³/mol. The average molecular weight is 225 g/mol. The number of benzene rings is 2. The van der Waals surface area contributed by atoms with E-state index in [-0.39, 0.29) is 5.92 Å². The Bertz CT molecular complexity index is 533. The van der Waals surface area contributed by atoms with Gasteiger partial charge in [0.25, 0.3) is 0 Å². The van der Waals surface area contributed by atoms with Gasteiger partial charge in [-0.25, -0.2) is 0 Å². The van der Waals surface area contributed by atoms with E-state index in [4.69, 9.17) is 12.2 Å². The van der Waals surface area contributed by atoms with E-state index in [2.05, 4.69) is 47.8 Å². The molecular formula is C14H11NS. The molecule has 0 aliphatic carbocycles. The van der Waals surface area contributed by atoms with Crippen LogP contribution in [0.25, 0.3) is 0 Å². The summed E-state index contributed by atoms with van der Waals surface area (Å²) in [5, 5.41) is 3.28. The Morgan fingerprint density at radius 3 is 2.38 bits per heavy atom. The quantitative estimate of drug-likeness (QED) is 0.745. The van der Waals surface area contributed by atoms with Crippen molar-refractivity contribution in [2.45, 2.75) is 5.92 Å². The topological polar surface area (TPSA) is 12.0 Å². The van der Waals surface area contributed by atoms with Crippen LogP contribution in [-0.2, 0) is 0 Å². The summed E-state index contributed by atoms with van der Waals surface area (Å²) in [6.07, 6.45) is 0. The van der Waals surface area contributed by atoms with Crippen molar-refractivity contribution >= 4 is 22.9 Å². The zero-order valence-corrected chi connectivity index (χ0v) is 9.50. The molecule has 0 radical (unpaired) electrons. The summed E-state index contributed by atoms with van der Waals surface area (Å²) in [6.45, 7) is 0. The SMILES string of the molecule is S=C1Nc2ccccc2C1c1ccccc1. The fourth-order valence-electron chi connectivity index (χ4n) is 2.19. The molecule has 16 heavy (non-hydrogen) atoms. The largest absolute Gasteiger partial charge is 0.349 e. The van der Waals surface area contributed by atoms with Crippen LogP contribution in [0.3, 0.4) is 0 Å². The van der Waals surface area contributed by atoms with Crippen LogP contribution in [0.5, 0.6) is 0 Å². The van der Waals surface area contributed by atoms with Gasteiger partial charge >= 0.3 is 0 Å². The van der Waals surface area contributed by atoms with Gasteiger partial charge in [0.2, 0.25) is 0 Å². The molecule has 0 saturated carbocycles. The van der Waals surface area contributed by atoms with Crippen molar-refractivity contribution in [2.75, 3.05) is 5.32 Å². The highest BCUT2D eigenvalue weighted by molar-refractivity contribution is 7.80. The van der Waals surface area contributed by atoms with Crippen molar-refractivity contribution in [3.63, 3.8) is 0 Å². The fourth-order valence-corrected chi connectivity index (χ4v) is 2.56. The fraction of sp³-hybridized carbons (Fsp3) is 0.0714. The third-order valence-electron chi connectivity index (χ3n) is 2.92. The van der Waals surface area contributed by atoms with Crippen molar-refractivity contribution in [3.05, 3.63) is 65.7 Å². The number of anilines is 1. The second-order valence-corrected chi connectivity index (χ2v) is 4.36. The molecule has 0 aromatic heterocycles. The van der Waals surface area contributed by atoms with Crippen LogP contribution in [0.2, 0.25) is 0 Å². The first-order chi connectivity index (χ1) is 7.86. The van der Waals surface area contributed by atoms with Gasteiger partial charge in [-0.2, -0.15) is 0 Å². The molecule has 78 valence electrons. The van der Waals surface area contributed by atoms with E-state index >= 15 is 0 Å². The molecule has 0 amide bonds. The maximum Gasteiger partial charge on any atom is 0.0918 e. The van der Waals surface area contributed by atoms with Crippen molar-refractivity contribution < 1.29 is 0 Å². The number of hydrogen-bond donors (Lipinski definition) is 1. The molecule has 2 aromatic rings. The zero-order chi connectivity index (χ0) is 11.0. The number of para-hydroxylation sites is 1. The van der Waals surface area contributed by atoms with Gasteiger partial charge in [0.05, 0.1) is 10.9 Å². The smallest absolute Gasteiger partial charge is 0.0918 e. The minimum Gasteiger partial charge on any atom is -0.349 e. The van der Waals surface area contributed by atoms with Gasteiger partial charge in [-0.3, -0.25) is 0 Å². The molecule has 1 aliphatic heterocycles. The lowest BCUT2D eigenvalue weighted by molar-refractivity contribution is 1.13. The molecule has 3 rings (SSSR count). The van der Waals surface area contributed by atoms with E-state index in [0.717, 1.165) is 10.7 Å². The van der Waals surface area contributed by atoms with Gasteiger partial charge in [-0.05, 0) is 17.2 Å². The molecule has 0 saturated heterocycles. The van der Waals surface area contributed by atoms with E-state index in [1.54, 1.807) is 0 Å². The Hall–Kier alpha value is -1.67. The first-order valence-electron chi connectivity index (χ1n) is 5.31. The Morgan fingerprint density at radius 2 is 1.56 bits per heavy atom. The standard InChI is InChI=1S/C14H11NS/c16-14-13(10-6-2-1-3-7-10)11-8-4-5-9-12(11)15-14/h1-9,13H,(H,15,16). The summed E-state index contributed by atoms with van der Waals surface area (Å²) >= 11 is 5.42. The highest BCUT2D eigenvalue weighted by Gasteiger charge is 2.27. The van der Waals surface area contributed by atoms with Gasteiger partial charge in [0.1, 0.15) is 0 Å². The van der Waals surface area contributed by atoms with Crippen LogP contribution >= 0.6 is 12.2 Å². The summed E-state index contributed by atoms with van der Waals surface area (Å²) in [6, 6.07) is 18.7. The maximum atomic E-state index is 5.42. The lowest BCUT2D eigenvalue weighted by atomic mass is 9.93. The van der Waals surface area contributed by atoms with Gasteiger partial charge in [-0.15, -0.1) is 0 Å². The Morgan fingerprint density at radius 1 is 0.875 bits per heavy atom. The van der Waals surface area contributed by atoms with Crippen molar-refractivity contribution in [3.8, 4) is 0 Å². The second-order valence-electron chi connectivity index (χ2n) is 3.92. The third kappa shape index (κ3) is 1.42. The highest BCUT2D eigenvalue weighted by Crippen LogP contribution is 2.37. The summed E-state index contributed by atoms with van der Waals surface area (Å²) in [4.78, 5) is 0.896. The van der Waals surface area contributed by atoms with Crippen LogP contribution in [0.4, 0.5) is 5.69 Å². The van der Waals surface area contributed by atoms with Gasteiger partial charge in [0, 0.05) is 5.69 Å². The normalized spacial score (nSPS) is 18.0. The van der Waals surface area contributed by atoms with Crippen LogP contribution in [-0.4, -0.2) is 4.99 Å². The van der Waals surface area contributed by atoms with Gasteiger partial charge < -0.3 is 5.32 Å². The highest BCUT2D eigenvalue weighted by atomic mass is 32.1. The predicted octanol–water partition coefficient (Wildman–Crippen LogP) is 3.57. The lowest BCUT2D eigenvalue weighted by Crippen LogP contribution is -2.10. The third-order valence-corrected chi connectivity index (χ3v) is 3.26. The molecule has 0 fully saturated rings. The zero-order valence-electron chi connectivity index (χ0n) is 8.68. The molecular weight excluding hydrogens is 214 g/mol. The Kier molecular flexibility index (Phi) is 2.22. The van der Waals surface area contributed by atoms with E-state index in [1.165, 1.54) is 11.1 Å². The molecule has 0 spiro atoms. The molecule has 1 nitrogen and oxygen atoms in total. The molecule has 2 aromatic carbocycles. The van der Waals surface area contributed by atoms with E-state index in [1.807, 2.05) is 12.1 Å². The van der Waals surface area contributed by atoms with Gasteiger partial charge in [-0.1, -0.05) is 60.7 Å².